The molecule has 1 amide bonds. The Kier molecular flexibility index (Phi) is 5.36. The van der Waals surface area contributed by atoms with Crippen LogP contribution in [0.1, 0.15) is 12.0 Å². The highest BCUT2D eigenvalue weighted by molar-refractivity contribution is 7.99. The van der Waals surface area contributed by atoms with Crippen LogP contribution in [0.5, 0.6) is 0 Å². The predicted octanol–water partition coefficient (Wildman–Crippen LogP) is 2.04. The van der Waals surface area contributed by atoms with Gasteiger partial charge in [0, 0.05) is 18.8 Å². The molecule has 4 rings (SSSR count). The molecule has 1 atom stereocenters. The zero-order chi connectivity index (χ0) is 19.6. The fourth-order valence-electron chi connectivity index (χ4n) is 3.35. The first kappa shape index (κ1) is 18.9. The van der Waals surface area contributed by atoms with Crippen LogP contribution in [0, 0.1) is 0 Å². The number of carbonyl (C=O) groups excluding carboxylic acids is 1. The third-order valence-electron chi connectivity index (χ3n) is 4.77. The van der Waals surface area contributed by atoms with E-state index in [9.17, 15) is 13.2 Å². The maximum absolute atomic E-state index is 13.0. The number of nitrogens with zero attached hydrogens (tertiary/aromatic N) is 4. The Bertz CT molecular complexity index is 1080. The number of carbonyl (C=O) groups is 1. The van der Waals surface area contributed by atoms with E-state index in [0.717, 1.165) is 11.2 Å². The molecule has 1 fully saturated rings. The molecule has 7 nitrogen and oxygen atoms in total. The molecule has 3 aromatic rings. The van der Waals surface area contributed by atoms with Gasteiger partial charge >= 0.3 is 0 Å². The number of amides is 1. The standard InChI is InChI=1S/C19H20N4O3S2/c24-18(13-27-19-21-20-17-8-4-5-10-22(17)19)23(12-15-6-2-1-3-7-15)16-9-11-28(25,26)14-16/h1-8,10,16H,9,11-14H2/t16-/m0/s1. The number of benzene rings is 1. The summed E-state index contributed by atoms with van der Waals surface area (Å²) in [4.78, 5) is 14.7. The SMILES string of the molecule is O=C(CSc1nnc2ccccn12)N(Cc1ccccc1)[C@H]1CCS(=O)(=O)C1. The minimum atomic E-state index is -3.08. The molecule has 2 aromatic heterocycles. The molecule has 3 heterocycles. The van der Waals surface area contributed by atoms with Crippen LogP contribution in [0.25, 0.3) is 5.65 Å². The van der Waals surface area contributed by atoms with E-state index in [-0.39, 0.29) is 29.2 Å². The highest BCUT2D eigenvalue weighted by Crippen LogP contribution is 2.23. The van der Waals surface area contributed by atoms with Gasteiger partial charge in [0.2, 0.25) is 5.91 Å². The van der Waals surface area contributed by atoms with Crippen molar-refractivity contribution in [3.8, 4) is 0 Å². The topological polar surface area (TPSA) is 84.6 Å². The maximum Gasteiger partial charge on any atom is 0.233 e. The van der Waals surface area contributed by atoms with E-state index < -0.39 is 9.84 Å². The maximum atomic E-state index is 13.0. The monoisotopic (exact) mass is 416 g/mol. The second-order valence-electron chi connectivity index (χ2n) is 6.76. The van der Waals surface area contributed by atoms with Gasteiger partial charge in [0.1, 0.15) is 0 Å². The average Bonchev–Trinajstić information content (AvgIpc) is 3.28. The van der Waals surface area contributed by atoms with E-state index >= 15 is 0 Å². The Morgan fingerprint density at radius 1 is 1.14 bits per heavy atom. The lowest BCUT2D eigenvalue weighted by Crippen LogP contribution is -2.41. The zero-order valence-corrected chi connectivity index (χ0v) is 16.8. The smallest absolute Gasteiger partial charge is 0.233 e. The molecule has 146 valence electrons. The molecule has 0 N–H and O–H groups in total. The van der Waals surface area contributed by atoms with Gasteiger partial charge in [-0.25, -0.2) is 8.42 Å². The summed E-state index contributed by atoms with van der Waals surface area (Å²) in [6.07, 6.45) is 2.34. The molecule has 1 aliphatic heterocycles. The quantitative estimate of drug-likeness (QED) is 0.572. The van der Waals surface area contributed by atoms with Crippen LogP contribution >= 0.6 is 11.8 Å². The Morgan fingerprint density at radius 2 is 1.93 bits per heavy atom. The van der Waals surface area contributed by atoms with Crippen LogP contribution in [0.4, 0.5) is 0 Å². The molecule has 1 aliphatic rings. The average molecular weight is 417 g/mol. The van der Waals surface area contributed by atoms with Gasteiger partial charge in [-0.2, -0.15) is 0 Å². The summed E-state index contributed by atoms with van der Waals surface area (Å²) < 4.78 is 25.7. The van der Waals surface area contributed by atoms with Crippen molar-refractivity contribution < 1.29 is 13.2 Å². The van der Waals surface area contributed by atoms with Crippen molar-refractivity contribution in [3.05, 3.63) is 60.3 Å². The molecule has 28 heavy (non-hydrogen) atoms. The van der Waals surface area contributed by atoms with Crippen LogP contribution in [-0.4, -0.2) is 57.1 Å². The summed E-state index contributed by atoms with van der Waals surface area (Å²) in [5.41, 5.74) is 1.71. The fourth-order valence-corrected chi connectivity index (χ4v) is 5.89. The molecule has 0 bridgehead atoms. The number of hydrogen-bond acceptors (Lipinski definition) is 6. The van der Waals surface area contributed by atoms with Gasteiger partial charge in [0.15, 0.2) is 20.6 Å². The Hall–Kier alpha value is -2.39. The van der Waals surface area contributed by atoms with Gasteiger partial charge in [0.25, 0.3) is 0 Å². The second-order valence-corrected chi connectivity index (χ2v) is 9.94. The second kappa shape index (κ2) is 7.92. The number of aromatic nitrogens is 3. The van der Waals surface area contributed by atoms with Crippen molar-refractivity contribution in [2.45, 2.75) is 24.2 Å². The molecule has 1 saturated heterocycles. The lowest BCUT2D eigenvalue weighted by atomic mass is 10.1. The van der Waals surface area contributed by atoms with Crippen molar-refractivity contribution in [3.63, 3.8) is 0 Å². The summed E-state index contributed by atoms with van der Waals surface area (Å²) in [5.74, 6) is 0.255. The van der Waals surface area contributed by atoms with Crippen LogP contribution in [0.2, 0.25) is 0 Å². The van der Waals surface area contributed by atoms with E-state index in [4.69, 9.17) is 0 Å². The predicted molar refractivity (Wildman–Crippen MR) is 108 cm³/mol. The normalized spacial score (nSPS) is 18.4. The lowest BCUT2D eigenvalue weighted by molar-refractivity contribution is -0.130. The number of pyridine rings is 1. The molecule has 9 heteroatoms. The molecule has 0 unspecified atom stereocenters. The van der Waals surface area contributed by atoms with E-state index in [0.29, 0.717) is 18.1 Å². The van der Waals surface area contributed by atoms with Gasteiger partial charge in [0.05, 0.1) is 17.3 Å². The molecular weight excluding hydrogens is 396 g/mol. The first-order chi connectivity index (χ1) is 13.5. The Labute approximate surface area is 167 Å². The van der Waals surface area contributed by atoms with Crippen LogP contribution in [-0.2, 0) is 21.2 Å². The van der Waals surface area contributed by atoms with Crippen molar-refractivity contribution in [1.29, 1.82) is 0 Å². The third kappa shape index (κ3) is 4.20. The minimum Gasteiger partial charge on any atom is -0.334 e. The largest absolute Gasteiger partial charge is 0.334 e. The zero-order valence-electron chi connectivity index (χ0n) is 15.1. The summed E-state index contributed by atoms with van der Waals surface area (Å²) in [7, 11) is -3.08. The Balaban J connectivity index is 1.51. The van der Waals surface area contributed by atoms with E-state index in [1.807, 2.05) is 59.1 Å². The summed E-state index contributed by atoms with van der Waals surface area (Å²) >= 11 is 1.31. The Morgan fingerprint density at radius 3 is 2.68 bits per heavy atom. The van der Waals surface area contributed by atoms with Gasteiger partial charge in [-0.1, -0.05) is 48.2 Å². The fraction of sp³-hybridized carbons (Fsp3) is 0.316. The number of thioether (sulfide) groups is 1. The van der Waals surface area contributed by atoms with Gasteiger partial charge < -0.3 is 4.90 Å². The molecule has 0 saturated carbocycles. The first-order valence-electron chi connectivity index (χ1n) is 8.98. The number of fused-ring (bicyclic) bond motifs is 1. The highest BCUT2D eigenvalue weighted by Gasteiger charge is 2.34. The highest BCUT2D eigenvalue weighted by atomic mass is 32.2. The summed E-state index contributed by atoms with van der Waals surface area (Å²) in [6, 6.07) is 15.0. The van der Waals surface area contributed by atoms with E-state index in [1.165, 1.54) is 11.8 Å². The number of rotatable bonds is 6. The number of hydrogen-bond donors (Lipinski definition) is 0. The third-order valence-corrected chi connectivity index (χ3v) is 7.45. The van der Waals surface area contributed by atoms with E-state index in [2.05, 4.69) is 10.2 Å². The lowest BCUT2D eigenvalue weighted by Gasteiger charge is -2.28. The van der Waals surface area contributed by atoms with Crippen molar-refractivity contribution in [2.75, 3.05) is 17.3 Å². The first-order valence-corrected chi connectivity index (χ1v) is 11.8. The molecule has 0 radical (unpaired) electrons. The number of sulfone groups is 1. The van der Waals surface area contributed by atoms with Crippen LogP contribution in [0.3, 0.4) is 0 Å². The van der Waals surface area contributed by atoms with Crippen molar-refractivity contribution >= 4 is 33.2 Å². The van der Waals surface area contributed by atoms with Crippen molar-refractivity contribution in [2.24, 2.45) is 0 Å². The van der Waals surface area contributed by atoms with Gasteiger partial charge in [-0.15, -0.1) is 10.2 Å². The summed E-state index contributed by atoms with van der Waals surface area (Å²) in [5, 5.41) is 8.88. The van der Waals surface area contributed by atoms with Crippen LogP contribution < -0.4 is 0 Å². The summed E-state index contributed by atoms with van der Waals surface area (Å²) in [6.45, 7) is 0.404. The molecular formula is C19H20N4O3S2. The molecule has 0 spiro atoms. The van der Waals surface area contributed by atoms with Crippen molar-refractivity contribution in [1.82, 2.24) is 19.5 Å². The molecule has 1 aromatic carbocycles. The minimum absolute atomic E-state index is 0.0318. The van der Waals surface area contributed by atoms with Crippen LogP contribution in [0.15, 0.2) is 59.9 Å². The van der Waals surface area contributed by atoms with Gasteiger partial charge in [-0.3, -0.25) is 9.20 Å². The van der Waals surface area contributed by atoms with Gasteiger partial charge in [-0.05, 0) is 24.1 Å². The molecule has 0 aliphatic carbocycles. The van der Waals surface area contributed by atoms with E-state index in [1.54, 1.807) is 4.90 Å².